The first-order chi connectivity index (χ1) is 10.4. The molecule has 0 spiro atoms. The fourth-order valence-corrected chi connectivity index (χ4v) is 1.83. The molecule has 0 aliphatic rings. The minimum absolute atomic E-state index is 0.418. The molecule has 114 valence electrons. The molecule has 1 aromatic carbocycles. The largest absolute Gasteiger partial charge is 0.444 e. The first kappa shape index (κ1) is 15.8. The molecule has 0 unspecified atom stereocenters. The molecule has 2 rings (SSSR count). The summed E-state index contributed by atoms with van der Waals surface area (Å²) in [7, 11) is 0. The van der Waals surface area contributed by atoms with Crippen LogP contribution in [-0.4, -0.2) is 23.2 Å². The van der Waals surface area contributed by atoms with Crippen molar-refractivity contribution in [3.05, 3.63) is 42.1 Å². The summed E-state index contributed by atoms with van der Waals surface area (Å²) in [6.45, 7) is 5.95. The quantitative estimate of drug-likeness (QED) is 0.681. The van der Waals surface area contributed by atoms with Crippen LogP contribution in [0.25, 0.3) is 10.9 Å². The number of pyridine rings is 1. The van der Waals surface area contributed by atoms with Crippen LogP contribution in [0.1, 0.15) is 32.9 Å². The standard InChI is InChI=1S/C18H20N2O2/c1-18(2,3)22-17(21)19-13-7-6-9-15-12-11-14-8-4-5-10-16(14)20-15/h4-5,8,10-12H,7,13H2,1-3H3,(H,19,21). The highest BCUT2D eigenvalue weighted by molar-refractivity contribution is 5.78. The van der Waals surface area contributed by atoms with Gasteiger partial charge in [-0.15, -0.1) is 0 Å². The lowest BCUT2D eigenvalue weighted by Crippen LogP contribution is -2.32. The molecule has 4 nitrogen and oxygen atoms in total. The van der Waals surface area contributed by atoms with Crippen molar-refractivity contribution in [1.82, 2.24) is 10.3 Å². The number of ether oxygens (including phenoxy) is 1. The van der Waals surface area contributed by atoms with E-state index in [1.807, 2.05) is 57.2 Å². The van der Waals surface area contributed by atoms with Crippen molar-refractivity contribution < 1.29 is 9.53 Å². The molecule has 0 radical (unpaired) electrons. The SMILES string of the molecule is CC(C)(C)OC(=O)NCCC#Cc1ccc2ccccc2n1. The van der Waals surface area contributed by atoms with Crippen molar-refractivity contribution >= 4 is 17.0 Å². The van der Waals surface area contributed by atoms with Gasteiger partial charge in [-0.2, -0.15) is 0 Å². The van der Waals surface area contributed by atoms with Crippen molar-refractivity contribution in [2.24, 2.45) is 0 Å². The fraction of sp³-hybridized carbons (Fsp3) is 0.333. The Kier molecular flexibility index (Phi) is 5.00. The molecule has 1 heterocycles. The van der Waals surface area contributed by atoms with Crippen molar-refractivity contribution in [2.75, 3.05) is 6.54 Å². The van der Waals surface area contributed by atoms with Gasteiger partial charge in [0.15, 0.2) is 0 Å². The first-order valence-electron chi connectivity index (χ1n) is 7.25. The predicted octanol–water partition coefficient (Wildman–Crippen LogP) is 3.50. The number of hydrogen-bond acceptors (Lipinski definition) is 3. The molecular weight excluding hydrogens is 276 g/mol. The average Bonchev–Trinajstić information content (AvgIpc) is 2.45. The van der Waals surface area contributed by atoms with Gasteiger partial charge in [-0.05, 0) is 38.8 Å². The zero-order valence-corrected chi connectivity index (χ0v) is 13.1. The second kappa shape index (κ2) is 6.95. The Bertz CT molecular complexity index is 721. The van der Waals surface area contributed by atoms with Gasteiger partial charge in [0.1, 0.15) is 11.3 Å². The van der Waals surface area contributed by atoms with E-state index in [1.54, 1.807) is 0 Å². The second-order valence-electron chi connectivity index (χ2n) is 5.87. The molecule has 2 aromatic rings. The average molecular weight is 296 g/mol. The topological polar surface area (TPSA) is 51.2 Å². The van der Waals surface area contributed by atoms with Gasteiger partial charge in [0.2, 0.25) is 0 Å². The minimum Gasteiger partial charge on any atom is -0.444 e. The molecule has 1 amide bonds. The zero-order chi connectivity index (χ0) is 16.0. The molecule has 22 heavy (non-hydrogen) atoms. The Balaban J connectivity index is 1.84. The van der Waals surface area contributed by atoms with E-state index in [0.29, 0.717) is 13.0 Å². The van der Waals surface area contributed by atoms with Crippen LogP contribution < -0.4 is 5.32 Å². The zero-order valence-electron chi connectivity index (χ0n) is 13.1. The van der Waals surface area contributed by atoms with E-state index in [1.165, 1.54) is 0 Å². The summed E-state index contributed by atoms with van der Waals surface area (Å²) in [6, 6.07) is 11.8. The Hall–Kier alpha value is -2.54. The Morgan fingerprint density at radius 2 is 2.00 bits per heavy atom. The van der Waals surface area contributed by atoms with E-state index in [9.17, 15) is 4.79 Å². The predicted molar refractivity (Wildman–Crippen MR) is 87.5 cm³/mol. The number of rotatable bonds is 2. The summed E-state index contributed by atoms with van der Waals surface area (Å²) in [6.07, 6.45) is 0.131. The second-order valence-corrected chi connectivity index (χ2v) is 5.87. The van der Waals surface area contributed by atoms with Gasteiger partial charge in [0, 0.05) is 18.4 Å². The monoisotopic (exact) mass is 296 g/mol. The maximum Gasteiger partial charge on any atom is 0.407 e. The van der Waals surface area contributed by atoms with Crippen molar-refractivity contribution in [2.45, 2.75) is 32.8 Å². The molecule has 0 aliphatic heterocycles. The highest BCUT2D eigenvalue weighted by Gasteiger charge is 2.15. The number of aromatic nitrogens is 1. The summed E-state index contributed by atoms with van der Waals surface area (Å²) < 4.78 is 5.14. The fourth-order valence-electron chi connectivity index (χ4n) is 1.83. The Morgan fingerprint density at radius 1 is 1.23 bits per heavy atom. The van der Waals surface area contributed by atoms with Crippen LogP contribution >= 0.6 is 0 Å². The number of amides is 1. The number of benzene rings is 1. The molecular formula is C18H20N2O2. The Labute approximate surface area is 130 Å². The van der Waals surface area contributed by atoms with E-state index < -0.39 is 11.7 Å². The molecule has 0 aliphatic carbocycles. The number of fused-ring (bicyclic) bond motifs is 1. The van der Waals surface area contributed by atoms with Crippen LogP contribution in [0.3, 0.4) is 0 Å². The van der Waals surface area contributed by atoms with Gasteiger partial charge in [-0.25, -0.2) is 9.78 Å². The van der Waals surface area contributed by atoms with E-state index >= 15 is 0 Å². The third-order valence-electron chi connectivity index (χ3n) is 2.73. The number of hydrogen-bond donors (Lipinski definition) is 1. The third-order valence-corrected chi connectivity index (χ3v) is 2.73. The van der Waals surface area contributed by atoms with Crippen molar-refractivity contribution in [3.63, 3.8) is 0 Å². The number of carbonyl (C=O) groups is 1. The van der Waals surface area contributed by atoms with Gasteiger partial charge < -0.3 is 10.1 Å². The van der Waals surface area contributed by atoms with Gasteiger partial charge in [-0.3, -0.25) is 0 Å². The molecule has 0 saturated heterocycles. The van der Waals surface area contributed by atoms with Crippen molar-refractivity contribution in [1.29, 1.82) is 0 Å². The minimum atomic E-state index is -0.481. The number of nitrogens with zero attached hydrogens (tertiary/aromatic N) is 1. The van der Waals surface area contributed by atoms with Crippen LogP contribution in [0.4, 0.5) is 4.79 Å². The summed E-state index contributed by atoms with van der Waals surface area (Å²) in [4.78, 5) is 15.9. The van der Waals surface area contributed by atoms with Crippen LogP contribution in [-0.2, 0) is 4.74 Å². The van der Waals surface area contributed by atoms with E-state index in [2.05, 4.69) is 22.1 Å². The van der Waals surface area contributed by atoms with Crippen LogP contribution in [0.15, 0.2) is 36.4 Å². The van der Waals surface area contributed by atoms with Gasteiger partial charge in [0.25, 0.3) is 0 Å². The van der Waals surface area contributed by atoms with E-state index in [0.717, 1.165) is 16.6 Å². The van der Waals surface area contributed by atoms with E-state index in [-0.39, 0.29) is 0 Å². The van der Waals surface area contributed by atoms with E-state index in [4.69, 9.17) is 4.74 Å². The molecule has 1 aromatic heterocycles. The van der Waals surface area contributed by atoms with Gasteiger partial charge in [0.05, 0.1) is 5.52 Å². The maximum atomic E-state index is 11.4. The molecule has 1 N–H and O–H groups in total. The summed E-state index contributed by atoms with van der Waals surface area (Å²) in [5, 5.41) is 3.77. The highest BCUT2D eigenvalue weighted by Crippen LogP contribution is 2.11. The third kappa shape index (κ3) is 5.10. The van der Waals surface area contributed by atoms with Crippen molar-refractivity contribution in [3.8, 4) is 11.8 Å². The number of para-hydroxylation sites is 1. The van der Waals surface area contributed by atoms with Crippen LogP contribution in [0, 0.1) is 11.8 Å². The van der Waals surface area contributed by atoms with Crippen LogP contribution in [0.5, 0.6) is 0 Å². The summed E-state index contributed by atoms with van der Waals surface area (Å²) in [5.74, 6) is 6.01. The summed E-state index contributed by atoms with van der Waals surface area (Å²) in [5.41, 5.74) is 1.18. The Morgan fingerprint density at radius 3 is 2.77 bits per heavy atom. The lowest BCUT2D eigenvalue weighted by Gasteiger charge is -2.19. The lowest BCUT2D eigenvalue weighted by molar-refractivity contribution is 0.0529. The smallest absolute Gasteiger partial charge is 0.407 e. The number of carbonyl (C=O) groups excluding carboxylic acids is 1. The number of nitrogens with one attached hydrogen (secondary N) is 1. The molecule has 0 fully saturated rings. The molecule has 0 saturated carbocycles. The highest BCUT2D eigenvalue weighted by atomic mass is 16.6. The molecule has 0 atom stereocenters. The molecule has 4 heteroatoms. The van der Waals surface area contributed by atoms with Crippen LogP contribution in [0.2, 0.25) is 0 Å². The lowest BCUT2D eigenvalue weighted by atomic mass is 10.2. The normalized spacial score (nSPS) is 10.7. The first-order valence-corrected chi connectivity index (χ1v) is 7.25. The number of alkyl carbamates (subject to hydrolysis) is 1. The molecule has 0 bridgehead atoms. The van der Waals surface area contributed by atoms with Gasteiger partial charge >= 0.3 is 6.09 Å². The maximum absolute atomic E-state index is 11.4. The summed E-state index contributed by atoms with van der Waals surface area (Å²) >= 11 is 0. The van der Waals surface area contributed by atoms with Gasteiger partial charge in [-0.1, -0.05) is 30.2 Å².